The van der Waals surface area contributed by atoms with Crippen molar-refractivity contribution in [2.45, 2.75) is 6.17 Å². The number of fused-ring (bicyclic) bond motifs is 1. The van der Waals surface area contributed by atoms with E-state index in [0.29, 0.717) is 0 Å². The molecule has 0 saturated carbocycles. The van der Waals surface area contributed by atoms with Crippen LogP contribution in [0.15, 0.2) is 47.7 Å². The van der Waals surface area contributed by atoms with Crippen LogP contribution in [0.2, 0.25) is 0 Å². The van der Waals surface area contributed by atoms with Crippen molar-refractivity contribution >= 4 is 17.6 Å². The minimum Gasteiger partial charge on any atom is -0.358 e. The number of benzene rings is 1. The number of hydrogen-bond acceptors (Lipinski definition) is 3. The molecule has 74 valence electrons. The molecular weight excluding hydrogens is 188 g/mol. The van der Waals surface area contributed by atoms with Crippen LogP contribution in [0.1, 0.15) is 6.17 Å². The minimum atomic E-state index is 0.00917. The van der Waals surface area contributed by atoms with Gasteiger partial charge in [0.05, 0.1) is 11.4 Å². The molecule has 0 spiro atoms. The molecule has 2 heterocycles. The fraction of sp³-hybridized carbons (Fsp3) is 0.0909. The largest absolute Gasteiger partial charge is 0.358 e. The highest BCUT2D eigenvalue weighted by Gasteiger charge is 2.14. The first-order valence-corrected chi connectivity index (χ1v) is 4.82. The van der Waals surface area contributed by atoms with Crippen LogP contribution in [0.4, 0.5) is 11.4 Å². The smallest absolute Gasteiger partial charge is 0.156 e. The second-order valence-corrected chi connectivity index (χ2v) is 3.37. The highest BCUT2D eigenvalue weighted by atomic mass is 15.4. The monoisotopic (exact) mass is 198 g/mol. The maximum Gasteiger partial charge on any atom is 0.156 e. The van der Waals surface area contributed by atoms with Crippen LogP contribution in [0.5, 0.6) is 0 Å². The lowest BCUT2D eigenvalue weighted by Crippen LogP contribution is -2.22. The average Bonchev–Trinajstić information content (AvgIpc) is 2.82. The first-order valence-electron chi connectivity index (χ1n) is 4.82. The minimum absolute atomic E-state index is 0.00917. The van der Waals surface area contributed by atoms with Gasteiger partial charge in [-0.3, -0.25) is 4.99 Å². The van der Waals surface area contributed by atoms with Gasteiger partial charge < -0.3 is 5.32 Å². The summed E-state index contributed by atoms with van der Waals surface area (Å²) in [6.45, 7) is 0. The van der Waals surface area contributed by atoms with Crippen molar-refractivity contribution in [3.05, 3.63) is 42.7 Å². The van der Waals surface area contributed by atoms with E-state index in [9.17, 15) is 0 Å². The van der Waals surface area contributed by atoms with Crippen molar-refractivity contribution < 1.29 is 0 Å². The van der Waals surface area contributed by atoms with Gasteiger partial charge in [-0.15, -0.1) is 0 Å². The first kappa shape index (κ1) is 8.23. The van der Waals surface area contributed by atoms with Gasteiger partial charge in [0, 0.05) is 18.6 Å². The average molecular weight is 198 g/mol. The van der Waals surface area contributed by atoms with E-state index >= 15 is 0 Å². The van der Waals surface area contributed by atoms with Gasteiger partial charge in [-0.05, 0) is 18.2 Å². The van der Waals surface area contributed by atoms with Gasteiger partial charge in [0.2, 0.25) is 0 Å². The molecule has 2 aromatic rings. The molecule has 0 fully saturated rings. The zero-order chi connectivity index (χ0) is 10.1. The molecule has 0 amide bonds. The molecule has 0 bridgehead atoms. The zero-order valence-corrected chi connectivity index (χ0v) is 8.04. The van der Waals surface area contributed by atoms with Gasteiger partial charge >= 0.3 is 0 Å². The molecule has 0 saturated heterocycles. The summed E-state index contributed by atoms with van der Waals surface area (Å²) in [6, 6.07) is 9.87. The summed E-state index contributed by atoms with van der Waals surface area (Å²) < 4.78 is 1.83. The third-order valence-corrected chi connectivity index (χ3v) is 2.37. The molecule has 1 N–H and O–H groups in total. The number of nitrogens with one attached hydrogen (secondary N) is 1. The summed E-state index contributed by atoms with van der Waals surface area (Å²) in [6.07, 6.45) is 5.54. The molecule has 1 aliphatic rings. The van der Waals surface area contributed by atoms with Gasteiger partial charge in [0.25, 0.3) is 0 Å². The molecule has 1 aromatic carbocycles. The number of anilines is 1. The maximum atomic E-state index is 4.38. The first-order chi connectivity index (χ1) is 7.43. The third-order valence-electron chi connectivity index (χ3n) is 2.37. The van der Waals surface area contributed by atoms with E-state index in [1.807, 2.05) is 47.4 Å². The Balaban J connectivity index is 1.96. The van der Waals surface area contributed by atoms with E-state index in [2.05, 4.69) is 15.4 Å². The summed E-state index contributed by atoms with van der Waals surface area (Å²) in [4.78, 5) is 4.38. The number of nitrogens with zero attached hydrogens (tertiary/aromatic N) is 3. The summed E-state index contributed by atoms with van der Waals surface area (Å²) in [5.74, 6) is 0. The van der Waals surface area contributed by atoms with Gasteiger partial charge in [0.15, 0.2) is 6.17 Å². The Morgan fingerprint density at radius 3 is 3.00 bits per heavy atom. The predicted molar refractivity (Wildman–Crippen MR) is 59.5 cm³/mol. The van der Waals surface area contributed by atoms with E-state index in [1.165, 1.54) is 0 Å². The lowest BCUT2D eigenvalue weighted by Gasteiger charge is -2.21. The second-order valence-electron chi connectivity index (χ2n) is 3.37. The number of aliphatic imine (C=N–C) groups is 1. The zero-order valence-electron chi connectivity index (χ0n) is 8.04. The molecule has 4 nitrogen and oxygen atoms in total. The van der Waals surface area contributed by atoms with Crippen LogP contribution >= 0.6 is 0 Å². The Morgan fingerprint density at radius 2 is 2.13 bits per heavy atom. The van der Waals surface area contributed by atoms with E-state index < -0.39 is 0 Å². The normalized spacial score (nSPS) is 18.3. The number of rotatable bonds is 1. The Kier molecular flexibility index (Phi) is 1.78. The quantitative estimate of drug-likeness (QED) is 0.763. The number of para-hydroxylation sites is 2. The maximum absolute atomic E-state index is 4.38. The molecule has 1 aliphatic heterocycles. The molecule has 3 rings (SSSR count). The van der Waals surface area contributed by atoms with Crippen LogP contribution < -0.4 is 5.32 Å². The number of hydrogen-bond donors (Lipinski definition) is 1. The van der Waals surface area contributed by atoms with Crippen molar-refractivity contribution in [1.82, 2.24) is 9.78 Å². The number of aromatic nitrogens is 2. The van der Waals surface area contributed by atoms with Crippen molar-refractivity contribution in [2.75, 3.05) is 5.32 Å². The highest BCUT2D eigenvalue weighted by Crippen LogP contribution is 2.29. The van der Waals surface area contributed by atoms with E-state index in [1.54, 1.807) is 6.20 Å². The Bertz CT molecular complexity index is 487. The predicted octanol–water partition coefficient (Wildman–Crippen LogP) is 2.21. The summed E-state index contributed by atoms with van der Waals surface area (Å²) in [5.41, 5.74) is 2.02. The Morgan fingerprint density at radius 1 is 1.20 bits per heavy atom. The molecule has 1 atom stereocenters. The fourth-order valence-corrected chi connectivity index (χ4v) is 1.64. The molecule has 0 aliphatic carbocycles. The van der Waals surface area contributed by atoms with Gasteiger partial charge in [-0.2, -0.15) is 5.10 Å². The van der Waals surface area contributed by atoms with E-state index in [4.69, 9.17) is 0 Å². The molecule has 0 radical (unpaired) electrons. The SMILES string of the molecule is C1=Nc2ccccc2NC1n1cccn1. The molecule has 4 heteroatoms. The van der Waals surface area contributed by atoms with Crippen LogP contribution in [0, 0.1) is 0 Å². The van der Waals surface area contributed by atoms with Gasteiger partial charge in [-0.1, -0.05) is 12.1 Å². The van der Waals surface area contributed by atoms with Crippen molar-refractivity contribution in [1.29, 1.82) is 0 Å². The lowest BCUT2D eigenvalue weighted by atomic mass is 10.2. The molecule has 1 aromatic heterocycles. The molecular formula is C11H10N4. The summed E-state index contributed by atoms with van der Waals surface area (Å²) >= 11 is 0. The third kappa shape index (κ3) is 1.40. The summed E-state index contributed by atoms with van der Waals surface area (Å²) in [5, 5.41) is 7.53. The van der Waals surface area contributed by atoms with Crippen LogP contribution in [-0.4, -0.2) is 16.0 Å². The fourth-order valence-electron chi connectivity index (χ4n) is 1.64. The Labute approximate surface area is 87.3 Å². The van der Waals surface area contributed by atoms with E-state index in [0.717, 1.165) is 11.4 Å². The molecule has 1 unspecified atom stereocenters. The van der Waals surface area contributed by atoms with Crippen LogP contribution in [0.3, 0.4) is 0 Å². The van der Waals surface area contributed by atoms with Crippen LogP contribution in [-0.2, 0) is 0 Å². The second kappa shape index (κ2) is 3.24. The Hall–Kier alpha value is -2.10. The van der Waals surface area contributed by atoms with Crippen molar-refractivity contribution in [3.8, 4) is 0 Å². The van der Waals surface area contributed by atoms with E-state index in [-0.39, 0.29) is 6.17 Å². The molecule has 15 heavy (non-hydrogen) atoms. The standard InChI is InChI=1S/C11H10N4/c1-2-5-10-9(4-1)12-8-11(14-10)15-7-3-6-13-15/h1-8,11,14H. The van der Waals surface area contributed by atoms with Gasteiger partial charge in [-0.25, -0.2) is 4.68 Å². The lowest BCUT2D eigenvalue weighted by molar-refractivity contribution is 0.626. The summed E-state index contributed by atoms with van der Waals surface area (Å²) in [7, 11) is 0. The topological polar surface area (TPSA) is 42.2 Å². The van der Waals surface area contributed by atoms with Crippen molar-refractivity contribution in [2.24, 2.45) is 4.99 Å². The van der Waals surface area contributed by atoms with Crippen molar-refractivity contribution in [3.63, 3.8) is 0 Å². The van der Waals surface area contributed by atoms with Gasteiger partial charge in [0.1, 0.15) is 0 Å². The van der Waals surface area contributed by atoms with Crippen LogP contribution in [0.25, 0.3) is 0 Å². The highest BCUT2D eigenvalue weighted by molar-refractivity contribution is 5.81.